The van der Waals surface area contributed by atoms with Gasteiger partial charge in [0.1, 0.15) is 5.82 Å². The summed E-state index contributed by atoms with van der Waals surface area (Å²) in [6.07, 6.45) is 4.99. The summed E-state index contributed by atoms with van der Waals surface area (Å²) < 4.78 is 11.1. The lowest BCUT2D eigenvalue weighted by Crippen LogP contribution is -2.22. The third-order valence-corrected chi connectivity index (χ3v) is 3.70. The average Bonchev–Trinajstić information content (AvgIpc) is 2.47. The molecule has 1 N–H and O–H groups in total. The molecule has 0 spiro atoms. The maximum atomic E-state index is 6.01. The van der Waals surface area contributed by atoms with Gasteiger partial charge < -0.3 is 14.8 Å². The molecule has 2 rings (SSSR count). The van der Waals surface area contributed by atoms with E-state index in [1.807, 2.05) is 13.8 Å². The Morgan fingerprint density at radius 3 is 2.57 bits per heavy atom. The zero-order valence-corrected chi connectivity index (χ0v) is 13.6. The Morgan fingerprint density at radius 2 is 1.86 bits per heavy atom. The van der Waals surface area contributed by atoms with Crippen molar-refractivity contribution in [3.05, 3.63) is 16.5 Å². The Morgan fingerprint density at radius 1 is 1.14 bits per heavy atom. The van der Waals surface area contributed by atoms with Crippen molar-refractivity contribution in [3.8, 4) is 0 Å². The van der Waals surface area contributed by atoms with Crippen molar-refractivity contribution in [1.82, 2.24) is 9.97 Å². The highest BCUT2D eigenvalue weighted by molar-refractivity contribution is 6.28. The van der Waals surface area contributed by atoms with Gasteiger partial charge in [0.2, 0.25) is 5.28 Å². The van der Waals surface area contributed by atoms with E-state index in [1.165, 1.54) is 18.4 Å². The fourth-order valence-corrected chi connectivity index (χ4v) is 2.79. The Kier molecular flexibility index (Phi) is 6.67. The van der Waals surface area contributed by atoms with Crippen LogP contribution in [0.2, 0.25) is 5.28 Å². The molecule has 0 bridgehead atoms. The highest BCUT2D eigenvalue weighted by Crippen LogP contribution is 2.26. The van der Waals surface area contributed by atoms with Crippen molar-refractivity contribution < 1.29 is 9.47 Å². The van der Waals surface area contributed by atoms with Crippen LogP contribution in [0.4, 0.5) is 5.82 Å². The predicted octanol–water partition coefficient (Wildman–Crippen LogP) is 3.21. The van der Waals surface area contributed by atoms with E-state index in [-0.39, 0.29) is 6.29 Å². The molecule has 0 amide bonds. The molecule has 21 heavy (non-hydrogen) atoms. The van der Waals surface area contributed by atoms with Crippen LogP contribution in [0.5, 0.6) is 0 Å². The Hall–Kier alpha value is -0.910. The second-order valence-electron chi connectivity index (χ2n) is 5.03. The molecule has 6 heteroatoms. The standard InChI is InChI=1S/C15H24ClN3O2/c1-3-20-13(21-4-2)9-10-17-14-11-7-5-6-8-12(11)18-15(16)19-14/h13H,3-10H2,1-2H3,(H,17,18,19). The van der Waals surface area contributed by atoms with Gasteiger partial charge in [0, 0.05) is 31.7 Å². The van der Waals surface area contributed by atoms with Gasteiger partial charge in [0.05, 0.1) is 5.69 Å². The molecule has 0 unspecified atom stereocenters. The zero-order valence-electron chi connectivity index (χ0n) is 12.8. The van der Waals surface area contributed by atoms with Gasteiger partial charge in [-0.2, -0.15) is 0 Å². The molecule has 0 atom stereocenters. The molecular formula is C15H24ClN3O2. The molecule has 0 saturated heterocycles. The topological polar surface area (TPSA) is 56.3 Å². The lowest BCUT2D eigenvalue weighted by Gasteiger charge is -2.20. The molecule has 0 aliphatic heterocycles. The lowest BCUT2D eigenvalue weighted by molar-refractivity contribution is -0.137. The van der Waals surface area contributed by atoms with E-state index >= 15 is 0 Å². The van der Waals surface area contributed by atoms with Gasteiger partial charge in [-0.05, 0) is 51.1 Å². The van der Waals surface area contributed by atoms with E-state index in [0.29, 0.717) is 18.5 Å². The highest BCUT2D eigenvalue weighted by Gasteiger charge is 2.17. The molecule has 1 aromatic heterocycles. The predicted molar refractivity (Wildman–Crippen MR) is 83.8 cm³/mol. The van der Waals surface area contributed by atoms with E-state index in [4.69, 9.17) is 21.1 Å². The number of fused-ring (bicyclic) bond motifs is 1. The second-order valence-corrected chi connectivity index (χ2v) is 5.37. The lowest BCUT2D eigenvalue weighted by atomic mass is 9.96. The maximum absolute atomic E-state index is 6.01. The summed E-state index contributed by atoms with van der Waals surface area (Å²) in [4.78, 5) is 8.68. The van der Waals surface area contributed by atoms with Crippen LogP contribution >= 0.6 is 11.6 Å². The van der Waals surface area contributed by atoms with Crippen LogP contribution in [-0.4, -0.2) is 36.0 Å². The maximum Gasteiger partial charge on any atom is 0.224 e. The Bertz CT molecular complexity index is 451. The molecule has 0 saturated carbocycles. The van der Waals surface area contributed by atoms with Crippen molar-refractivity contribution >= 4 is 17.4 Å². The minimum Gasteiger partial charge on any atom is -0.369 e. The van der Waals surface area contributed by atoms with Crippen molar-refractivity contribution in [2.45, 2.75) is 52.2 Å². The summed E-state index contributed by atoms with van der Waals surface area (Å²) >= 11 is 6.01. The van der Waals surface area contributed by atoms with Crippen molar-refractivity contribution in [3.63, 3.8) is 0 Å². The van der Waals surface area contributed by atoms with Crippen molar-refractivity contribution in [1.29, 1.82) is 0 Å². The van der Waals surface area contributed by atoms with E-state index in [0.717, 1.165) is 37.3 Å². The summed E-state index contributed by atoms with van der Waals surface area (Å²) in [5, 5.41) is 3.69. The quantitative estimate of drug-likeness (QED) is 0.590. The number of ether oxygens (including phenoxy) is 2. The van der Waals surface area contributed by atoms with E-state index in [9.17, 15) is 0 Å². The number of rotatable bonds is 8. The van der Waals surface area contributed by atoms with Crippen LogP contribution in [0, 0.1) is 0 Å². The number of anilines is 1. The van der Waals surface area contributed by atoms with Gasteiger partial charge in [0.15, 0.2) is 6.29 Å². The van der Waals surface area contributed by atoms with Gasteiger partial charge in [-0.1, -0.05) is 0 Å². The fraction of sp³-hybridized carbons (Fsp3) is 0.733. The molecule has 1 aromatic rings. The first-order valence-corrected chi connectivity index (χ1v) is 8.14. The number of nitrogens with zero attached hydrogens (tertiary/aromatic N) is 2. The van der Waals surface area contributed by atoms with Crippen LogP contribution in [0.25, 0.3) is 0 Å². The third kappa shape index (κ3) is 4.80. The minimum atomic E-state index is -0.166. The average molecular weight is 314 g/mol. The molecular weight excluding hydrogens is 290 g/mol. The molecule has 0 fully saturated rings. The first-order chi connectivity index (χ1) is 10.2. The van der Waals surface area contributed by atoms with Gasteiger partial charge in [-0.15, -0.1) is 0 Å². The van der Waals surface area contributed by atoms with E-state index < -0.39 is 0 Å². The summed E-state index contributed by atoms with van der Waals surface area (Å²) in [6, 6.07) is 0. The van der Waals surface area contributed by atoms with Gasteiger partial charge in [-0.25, -0.2) is 9.97 Å². The SMILES string of the molecule is CCOC(CCNc1nc(Cl)nc2c1CCCC2)OCC. The van der Waals surface area contributed by atoms with Crippen LogP contribution in [0.1, 0.15) is 44.4 Å². The van der Waals surface area contributed by atoms with Crippen LogP contribution in [0.15, 0.2) is 0 Å². The monoisotopic (exact) mass is 313 g/mol. The summed E-state index contributed by atoms with van der Waals surface area (Å²) in [5.74, 6) is 0.872. The summed E-state index contributed by atoms with van der Waals surface area (Å²) in [6.45, 7) is 5.99. The third-order valence-electron chi connectivity index (χ3n) is 3.53. The van der Waals surface area contributed by atoms with E-state index in [2.05, 4.69) is 15.3 Å². The molecule has 5 nitrogen and oxygen atoms in total. The summed E-state index contributed by atoms with van der Waals surface area (Å²) in [5.41, 5.74) is 2.31. The van der Waals surface area contributed by atoms with Gasteiger partial charge in [0.25, 0.3) is 0 Å². The molecule has 1 heterocycles. The highest BCUT2D eigenvalue weighted by atomic mass is 35.5. The minimum absolute atomic E-state index is 0.166. The number of aryl methyl sites for hydroxylation is 1. The zero-order chi connectivity index (χ0) is 15.1. The van der Waals surface area contributed by atoms with Gasteiger partial charge in [-0.3, -0.25) is 0 Å². The number of aromatic nitrogens is 2. The van der Waals surface area contributed by atoms with E-state index in [1.54, 1.807) is 0 Å². The largest absolute Gasteiger partial charge is 0.369 e. The van der Waals surface area contributed by atoms with Crippen LogP contribution in [-0.2, 0) is 22.3 Å². The first kappa shape index (κ1) is 16.5. The van der Waals surface area contributed by atoms with Gasteiger partial charge >= 0.3 is 0 Å². The molecule has 0 aromatic carbocycles. The smallest absolute Gasteiger partial charge is 0.224 e. The van der Waals surface area contributed by atoms with Crippen LogP contribution in [0.3, 0.4) is 0 Å². The molecule has 1 aliphatic carbocycles. The Labute approximate surface area is 131 Å². The number of hydrogen-bond donors (Lipinski definition) is 1. The number of nitrogens with one attached hydrogen (secondary N) is 1. The van der Waals surface area contributed by atoms with Crippen molar-refractivity contribution in [2.24, 2.45) is 0 Å². The number of halogens is 1. The molecule has 0 radical (unpaired) electrons. The first-order valence-electron chi connectivity index (χ1n) is 7.77. The fourth-order valence-electron chi connectivity index (χ4n) is 2.61. The van der Waals surface area contributed by atoms with Crippen molar-refractivity contribution in [2.75, 3.05) is 25.1 Å². The van der Waals surface area contributed by atoms with Crippen LogP contribution < -0.4 is 5.32 Å². The normalized spacial score (nSPS) is 14.3. The Balaban J connectivity index is 1.95. The summed E-state index contributed by atoms with van der Waals surface area (Å²) in [7, 11) is 0. The molecule has 118 valence electrons. The molecule has 1 aliphatic rings. The number of hydrogen-bond acceptors (Lipinski definition) is 5. The second kappa shape index (κ2) is 8.51.